The van der Waals surface area contributed by atoms with E-state index in [1.807, 2.05) is 6.92 Å². The first-order valence-corrected chi connectivity index (χ1v) is 5.19. The molecule has 4 nitrogen and oxygen atoms in total. The maximum atomic E-state index is 11.6. The van der Waals surface area contributed by atoms with E-state index in [2.05, 4.69) is 4.74 Å². The molecule has 1 aliphatic rings. The molecular formula is C12H16O4. The lowest BCUT2D eigenvalue weighted by atomic mass is 10.1. The van der Waals surface area contributed by atoms with Crippen LogP contribution in [-0.4, -0.2) is 32.1 Å². The van der Waals surface area contributed by atoms with Crippen molar-refractivity contribution in [2.45, 2.75) is 20.3 Å². The van der Waals surface area contributed by atoms with E-state index in [0.717, 1.165) is 5.57 Å². The first-order valence-electron chi connectivity index (χ1n) is 5.19. The van der Waals surface area contributed by atoms with Crippen LogP contribution >= 0.6 is 0 Å². The highest BCUT2D eigenvalue weighted by molar-refractivity contribution is 6.02. The Morgan fingerprint density at radius 3 is 2.69 bits per heavy atom. The molecule has 0 saturated carbocycles. The predicted molar refractivity (Wildman–Crippen MR) is 58.9 cm³/mol. The van der Waals surface area contributed by atoms with Gasteiger partial charge in [0.15, 0.2) is 5.78 Å². The number of ketones is 1. The van der Waals surface area contributed by atoms with Gasteiger partial charge in [0.1, 0.15) is 6.61 Å². The standard InChI is InChI=1S/C12H16O4/c1-4-16-7-11(13)9-5-8(2)10(6-9)12(14)15-3/h5H,4,6-7H2,1-3H3. The first kappa shape index (κ1) is 12.6. The zero-order valence-corrected chi connectivity index (χ0v) is 9.83. The summed E-state index contributed by atoms with van der Waals surface area (Å²) in [7, 11) is 1.34. The average Bonchev–Trinajstić information content (AvgIpc) is 2.67. The molecule has 0 aliphatic heterocycles. The SMILES string of the molecule is CCOCC(=O)C1=CC(C)=C(C(=O)OC)C1. The summed E-state index contributed by atoms with van der Waals surface area (Å²) in [6.07, 6.45) is 2.08. The maximum absolute atomic E-state index is 11.6. The second kappa shape index (κ2) is 5.61. The number of esters is 1. The van der Waals surface area contributed by atoms with E-state index in [1.54, 1.807) is 13.0 Å². The zero-order valence-electron chi connectivity index (χ0n) is 9.83. The van der Waals surface area contributed by atoms with E-state index < -0.39 is 0 Å². The molecule has 0 aromatic rings. The maximum Gasteiger partial charge on any atom is 0.334 e. The molecule has 0 saturated heterocycles. The van der Waals surface area contributed by atoms with Gasteiger partial charge in [0.2, 0.25) is 0 Å². The van der Waals surface area contributed by atoms with Crippen molar-refractivity contribution in [2.24, 2.45) is 0 Å². The van der Waals surface area contributed by atoms with Crippen molar-refractivity contribution in [3.05, 3.63) is 22.8 Å². The normalized spacial score (nSPS) is 15.1. The molecular weight excluding hydrogens is 208 g/mol. The lowest BCUT2D eigenvalue weighted by molar-refractivity contribution is -0.136. The number of rotatable bonds is 5. The highest BCUT2D eigenvalue weighted by atomic mass is 16.5. The van der Waals surface area contributed by atoms with Gasteiger partial charge in [-0.2, -0.15) is 0 Å². The van der Waals surface area contributed by atoms with Crippen molar-refractivity contribution in [1.82, 2.24) is 0 Å². The van der Waals surface area contributed by atoms with Gasteiger partial charge >= 0.3 is 5.97 Å². The van der Waals surface area contributed by atoms with Crippen molar-refractivity contribution in [1.29, 1.82) is 0 Å². The van der Waals surface area contributed by atoms with Gasteiger partial charge in [0, 0.05) is 24.2 Å². The quantitative estimate of drug-likeness (QED) is 0.662. The van der Waals surface area contributed by atoms with Crippen LogP contribution in [0.5, 0.6) is 0 Å². The van der Waals surface area contributed by atoms with Crippen LogP contribution < -0.4 is 0 Å². The van der Waals surface area contributed by atoms with Crippen molar-refractivity contribution >= 4 is 11.8 Å². The minimum absolute atomic E-state index is 0.0693. The van der Waals surface area contributed by atoms with Crippen LogP contribution in [0.2, 0.25) is 0 Å². The van der Waals surface area contributed by atoms with E-state index >= 15 is 0 Å². The van der Waals surface area contributed by atoms with Gasteiger partial charge in [-0.15, -0.1) is 0 Å². The van der Waals surface area contributed by atoms with Crippen molar-refractivity contribution in [2.75, 3.05) is 20.3 Å². The highest BCUT2D eigenvalue weighted by Crippen LogP contribution is 2.26. The van der Waals surface area contributed by atoms with E-state index in [1.165, 1.54) is 7.11 Å². The molecule has 0 radical (unpaired) electrons. The van der Waals surface area contributed by atoms with Crippen LogP contribution in [0.15, 0.2) is 22.8 Å². The topological polar surface area (TPSA) is 52.6 Å². The first-order chi connectivity index (χ1) is 7.60. The van der Waals surface area contributed by atoms with Gasteiger partial charge in [-0.3, -0.25) is 4.79 Å². The number of ether oxygens (including phenoxy) is 2. The monoisotopic (exact) mass is 224 g/mol. The predicted octanol–water partition coefficient (Wildman–Crippen LogP) is 1.41. The Kier molecular flexibility index (Phi) is 4.43. The molecule has 0 unspecified atom stereocenters. The summed E-state index contributed by atoms with van der Waals surface area (Å²) in [4.78, 5) is 23.0. The molecule has 0 bridgehead atoms. The van der Waals surface area contributed by atoms with Gasteiger partial charge in [-0.05, 0) is 19.4 Å². The number of carbonyl (C=O) groups excluding carboxylic acids is 2. The Morgan fingerprint density at radius 1 is 1.44 bits per heavy atom. The number of hydrogen-bond donors (Lipinski definition) is 0. The zero-order chi connectivity index (χ0) is 12.1. The number of methoxy groups -OCH3 is 1. The van der Waals surface area contributed by atoms with Gasteiger partial charge in [-0.1, -0.05) is 6.08 Å². The second-order valence-electron chi connectivity index (χ2n) is 3.56. The molecule has 0 atom stereocenters. The molecule has 0 aromatic heterocycles. The van der Waals surface area contributed by atoms with Gasteiger partial charge < -0.3 is 9.47 Å². The molecule has 0 spiro atoms. The van der Waals surface area contributed by atoms with Gasteiger partial charge in [0.05, 0.1) is 7.11 Å². The Bertz CT molecular complexity index is 363. The molecule has 0 N–H and O–H groups in total. The summed E-state index contributed by atoms with van der Waals surface area (Å²) in [5.41, 5.74) is 1.97. The molecule has 0 heterocycles. The Balaban J connectivity index is 2.63. The smallest absolute Gasteiger partial charge is 0.334 e. The van der Waals surface area contributed by atoms with Crippen LogP contribution in [0.3, 0.4) is 0 Å². The molecule has 0 aromatic carbocycles. The summed E-state index contributed by atoms with van der Waals surface area (Å²) in [6, 6.07) is 0. The third kappa shape index (κ3) is 2.79. The van der Waals surface area contributed by atoms with Crippen LogP contribution in [0.25, 0.3) is 0 Å². The molecule has 0 amide bonds. The molecule has 16 heavy (non-hydrogen) atoms. The summed E-state index contributed by atoms with van der Waals surface area (Å²) in [6.45, 7) is 4.21. The third-order valence-electron chi connectivity index (χ3n) is 2.46. The number of Topliss-reactive ketones (excluding diaryl/α,β-unsaturated/α-hetero) is 1. The molecule has 88 valence electrons. The van der Waals surface area contributed by atoms with Crippen molar-refractivity contribution in [3.8, 4) is 0 Å². The molecule has 1 rings (SSSR count). The van der Waals surface area contributed by atoms with Crippen LogP contribution in [-0.2, 0) is 19.1 Å². The largest absolute Gasteiger partial charge is 0.466 e. The molecule has 4 heteroatoms. The average molecular weight is 224 g/mol. The lowest BCUT2D eigenvalue weighted by Gasteiger charge is -2.03. The number of carbonyl (C=O) groups is 2. The fraction of sp³-hybridized carbons (Fsp3) is 0.500. The summed E-state index contributed by atoms with van der Waals surface area (Å²) in [5, 5.41) is 0. The minimum atomic E-state index is -0.368. The summed E-state index contributed by atoms with van der Waals surface area (Å²) < 4.78 is 9.68. The van der Waals surface area contributed by atoms with E-state index in [9.17, 15) is 9.59 Å². The minimum Gasteiger partial charge on any atom is -0.466 e. The van der Waals surface area contributed by atoms with Crippen LogP contribution in [0.1, 0.15) is 20.3 Å². The van der Waals surface area contributed by atoms with Gasteiger partial charge in [0.25, 0.3) is 0 Å². The summed E-state index contributed by atoms with van der Waals surface area (Å²) >= 11 is 0. The van der Waals surface area contributed by atoms with Crippen LogP contribution in [0, 0.1) is 0 Å². The fourth-order valence-corrected chi connectivity index (χ4v) is 1.55. The molecule has 1 aliphatic carbocycles. The summed E-state index contributed by atoms with van der Waals surface area (Å²) in [5.74, 6) is -0.437. The van der Waals surface area contributed by atoms with Crippen molar-refractivity contribution < 1.29 is 19.1 Å². The second-order valence-corrected chi connectivity index (χ2v) is 3.56. The molecule has 0 fully saturated rings. The Labute approximate surface area is 94.9 Å². The van der Waals surface area contributed by atoms with Crippen LogP contribution in [0.4, 0.5) is 0 Å². The number of hydrogen-bond acceptors (Lipinski definition) is 4. The number of allylic oxidation sites excluding steroid dienone is 2. The fourth-order valence-electron chi connectivity index (χ4n) is 1.55. The Morgan fingerprint density at radius 2 is 2.12 bits per heavy atom. The lowest BCUT2D eigenvalue weighted by Crippen LogP contribution is -2.12. The highest BCUT2D eigenvalue weighted by Gasteiger charge is 2.23. The van der Waals surface area contributed by atoms with E-state index in [4.69, 9.17) is 4.74 Å². The van der Waals surface area contributed by atoms with Gasteiger partial charge in [-0.25, -0.2) is 4.79 Å². The van der Waals surface area contributed by atoms with E-state index in [-0.39, 0.29) is 18.4 Å². The van der Waals surface area contributed by atoms with Crippen molar-refractivity contribution in [3.63, 3.8) is 0 Å². The Hall–Kier alpha value is -1.42. The van der Waals surface area contributed by atoms with E-state index in [0.29, 0.717) is 24.2 Å². The third-order valence-corrected chi connectivity index (χ3v) is 2.46.